The number of hydrogen-bond donors (Lipinski definition) is 1. The van der Waals surface area contributed by atoms with Crippen LogP contribution >= 0.6 is 11.6 Å². The molecule has 2 rings (SSSR count). The molecule has 0 aliphatic carbocycles. The number of esters is 1. The molecule has 0 saturated heterocycles. The van der Waals surface area contributed by atoms with Crippen LogP contribution in [0.2, 0.25) is 5.02 Å². The lowest BCUT2D eigenvalue weighted by Crippen LogP contribution is -2.27. The van der Waals surface area contributed by atoms with E-state index in [4.69, 9.17) is 11.6 Å². The van der Waals surface area contributed by atoms with E-state index in [0.29, 0.717) is 5.02 Å². The Bertz CT molecular complexity index is 673. The fourth-order valence-electron chi connectivity index (χ4n) is 1.70. The van der Waals surface area contributed by atoms with E-state index in [0.717, 1.165) is 11.1 Å². The number of pyridine rings is 1. The van der Waals surface area contributed by atoms with Crippen molar-refractivity contribution in [2.24, 2.45) is 0 Å². The van der Waals surface area contributed by atoms with Crippen molar-refractivity contribution in [3.8, 4) is 11.1 Å². The fraction of sp³-hybridized carbons (Fsp3) is 0.133. The van der Waals surface area contributed by atoms with Crippen molar-refractivity contribution in [2.45, 2.75) is 6.92 Å². The maximum absolute atomic E-state index is 11.9. The molecule has 0 aliphatic heterocycles. The van der Waals surface area contributed by atoms with Gasteiger partial charge in [-0.3, -0.25) is 14.6 Å². The van der Waals surface area contributed by atoms with Crippen molar-refractivity contribution in [2.75, 3.05) is 6.73 Å². The molecule has 1 N–H and O–H groups in total. The summed E-state index contributed by atoms with van der Waals surface area (Å²) >= 11 is 5.95. The highest BCUT2D eigenvalue weighted by Gasteiger charge is 2.09. The fourth-order valence-corrected chi connectivity index (χ4v) is 1.89. The highest BCUT2D eigenvalue weighted by atomic mass is 35.5. The molecule has 0 fully saturated rings. The lowest BCUT2D eigenvalue weighted by atomic mass is 10.1. The molecule has 0 aliphatic rings. The minimum Gasteiger partial charge on any atom is -0.445 e. The van der Waals surface area contributed by atoms with Gasteiger partial charge >= 0.3 is 5.97 Å². The molecular formula is C15H13ClN2O3. The van der Waals surface area contributed by atoms with Gasteiger partial charge in [-0.2, -0.15) is 0 Å². The minimum atomic E-state index is -0.462. The maximum Gasteiger partial charge on any atom is 0.304 e. The molecule has 0 bridgehead atoms. The first-order valence-corrected chi connectivity index (χ1v) is 6.57. The normalized spacial score (nSPS) is 10.0. The van der Waals surface area contributed by atoms with E-state index >= 15 is 0 Å². The van der Waals surface area contributed by atoms with Crippen molar-refractivity contribution in [3.05, 3.63) is 53.3 Å². The highest BCUT2D eigenvalue weighted by Crippen LogP contribution is 2.22. The third-order valence-electron chi connectivity index (χ3n) is 2.66. The van der Waals surface area contributed by atoms with Crippen LogP contribution in [-0.4, -0.2) is 23.6 Å². The number of halogens is 1. The van der Waals surface area contributed by atoms with E-state index < -0.39 is 11.9 Å². The Morgan fingerprint density at radius 3 is 2.71 bits per heavy atom. The van der Waals surface area contributed by atoms with E-state index in [9.17, 15) is 9.59 Å². The van der Waals surface area contributed by atoms with Crippen LogP contribution in [0.5, 0.6) is 0 Å². The monoisotopic (exact) mass is 304 g/mol. The molecule has 1 amide bonds. The molecule has 1 heterocycles. The Morgan fingerprint density at radius 1 is 1.24 bits per heavy atom. The zero-order chi connectivity index (χ0) is 15.2. The van der Waals surface area contributed by atoms with Gasteiger partial charge in [0.05, 0.1) is 0 Å². The molecule has 0 radical (unpaired) electrons. The number of benzene rings is 1. The Kier molecular flexibility index (Phi) is 4.90. The summed E-state index contributed by atoms with van der Waals surface area (Å²) in [6.07, 6.45) is 1.54. The van der Waals surface area contributed by atoms with Gasteiger partial charge in [0, 0.05) is 18.1 Å². The van der Waals surface area contributed by atoms with Crippen molar-refractivity contribution < 1.29 is 14.3 Å². The average molecular weight is 305 g/mol. The Hall–Kier alpha value is -2.40. The van der Waals surface area contributed by atoms with E-state index in [1.807, 2.05) is 12.1 Å². The standard InChI is InChI=1S/C15H13ClN2O3/c1-10(19)21-9-18-15(20)14-8-12(5-6-17-14)11-3-2-4-13(16)7-11/h2-8H,9H2,1H3,(H,18,20). The summed E-state index contributed by atoms with van der Waals surface area (Å²) in [7, 11) is 0. The summed E-state index contributed by atoms with van der Waals surface area (Å²) < 4.78 is 4.65. The Labute approximate surface area is 126 Å². The summed E-state index contributed by atoms with van der Waals surface area (Å²) in [6.45, 7) is 1.08. The molecule has 1 aromatic carbocycles. The number of carbonyl (C=O) groups is 2. The number of rotatable bonds is 4. The third-order valence-corrected chi connectivity index (χ3v) is 2.89. The second-order valence-electron chi connectivity index (χ2n) is 4.23. The minimum absolute atomic E-state index is 0.183. The zero-order valence-electron chi connectivity index (χ0n) is 11.3. The largest absolute Gasteiger partial charge is 0.445 e. The predicted molar refractivity (Wildman–Crippen MR) is 78.8 cm³/mol. The first-order valence-electron chi connectivity index (χ1n) is 6.20. The maximum atomic E-state index is 11.9. The molecule has 1 aromatic heterocycles. The summed E-state index contributed by atoms with van der Waals surface area (Å²) in [5.74, 6) is -0.879. The van der Waals surface area contributed by atoms with Crippen LogP contribution < -0.4 is 5.32 Å². The second-order valence-corrected chi connectivity index (χ2v) is 4.66. The van der Waals surface area contributed by atoms with Gasteiger partial charge in [0.15, 0.2) is 6.73 Å². The van der Waals surface area contributed by atoms with Crippen LogP contribution in [0.25, 0.3) is 11.1 Å². The second kappa shape index (κ2) is 6.85. The molecule has 21 heavy (non-hydrogen) atoms. The van der Waals surface area contributed by atoms with Crippen LogP contribution in [0.1, 0.15) is 17.4 Å². The summed E-state index contributed by atoms with van der Waals surface area (Å²) in [5, 5.41) is 3.07. The average Bonchev–Trinajstić information content (AvgIpc) is 2.47. The first-order chi connectivity index (χ1) is 10.1. The molecule has 0 atom stereocenters. The quantitative estimate of drug-likeness (QED) is 0.696. The first kappa shape index (κ1) is 15.0. The van der Waals surface area contributed by atoms with Gasteiger partial charge in [0.2, 0.25) is 0 Å². The van der Waals surface area contributed by atoms with E-state index in [1.54, 1.807) is 24.3 Å². The van der Waals surface area contributed by atoms with E-state index in [1.165, 1.54) is 13.1 Å². The van der Waals surface area contributed by atoms with Gasteiger partial charge in [-0.25, -0.2) is 0 Å². The number of nitrogens with one attached hydrogen (secondary N) is 1. The van der Waals surface area contributed by atoms with Crippen LogP contribution in [0.15, 0.2) is 42.6 Å². The molecule has 6 heteroatoms. The summed E-state index contributed by atoms with van der Waals surface area (Å²) in [4.78, 5) is 26.5. The van der Waals surface area contributed by atoms with Gasteiger partial charge in [0.25, 0.3) is 5.91 Å². The number of nitrogens with zero attached hydrogens (tertiary/aromatic N) is 1. The predicted octanol–water partition coefficient (Wildman–Crippen LogP) is 2.65. The van der Waals surface area contributed by atoms with E-state index in [2.05, 4.69) is 15.0 Å². The topological polar surface area (TPSA) is 68.3 Å². The molecule has 108 valence electrons. The molecular weight excluding hydrogens is 292 g/mol. The van der Waals surface area contributed by atoms with Crippen molar-refractivity contribution in [3.63, 3.8) is 0 Å². The van der Waals surface area contributed by atoms with Gasteiger partial charge in [0.1, 0.15) is 5.69 Å². The third kappa shape index (κ3) is 4.29. The van der Waals surface area contributed by atoms with Crippen LogP contribution in [0, 0.1) is 0 Å². The lowest BCUT2D eigenvalue weighted by molar-refractivity contribution is -0.141. The summed E-state index contributed by atoms with van der Waals surface area (Å²) in [6, 6.07) is 10.7. The van der Waals surface area contributed by atoms with Gasteiger partial charge in [-0.1, -0.05) is 23.7 Å². The Morgan fingerprint density at radius 2 is 2.00 bits per heavy atom. The number of aromatic nitrogens is 1. The van der Waals surface area contributed by atoms with Crippen molar-refractivity contribution >= 4 is 23.5 Å². The molecule has 5 nitrogen and oxygen atoms in total. The number of carbonyl (C=O) groups excluding carboxylic acids is 2. The highest BCUT2D eigenvalue weighted by molar-refractivity contribution is 6.30. The van der Waals surface area contributed by atoms with Crippen LogP contribution in [-0.2, 0) is 9.53 Å². The van der Waals surface area contributed by atoms with Crippen molar-refractivity contribution in [1.82, 2.24) is 10.3 Å². The van der Waals surface area contributed by atoms with E-state index in [-0.39, 0.29) is 12.4 Å². The van der Waals surface area contributed by atoms with Crippen molar-refractivity contribution in [1.29, 1.82) is 0 Å². The molecule has 0 spiro atoms. The SMILES string of the molecule is CC(=O)OCNC(=O)c1cc(-c2cccc(Cl)c2)ccn1. The summed E-state index contributed by atoms with van der Waals surface area (Å²) in [5.41, 5.74) is 1.95. The molecule has 0 unspecified atom stereocenters. The van der Waals surface area contributed by atoms with Crippen LogP contribution in [0.3, 0.4) is 0 Å². The smallest absolute Gasteiger partial charge is 0.304 e. The lowest BCUT2D eigenvalue weighted by Gasteiger charge is -2.07. The number of hydrogen-bond acceptors (Lipinski definition) is 4. The number of amides is 1. The Balaban J connectivity index is 2.14. The van der Waals surface area contributed by atoms with Crippen LogP contribution in [0.4, 0.5) is 0 Å². The van der Waals surface area contributed by atoms with Gasteiger partial charge in [-0.15, -0.1) is 0 Å². The van der Waals surface area contributed by atoms with Gasteiger partial charge < -0.3 is 10.1 Å². The van der Waals surface area contributed by atoms with Gasteiger partial charge in [-0.05, 0) is 35.4 Å². The molecule has 2 aromatic rings. The zero-order valence-corrected chi connectivity index (χ0v) is 12.1. The molecule has 0 saturated carbocycles. The number of ether oxygens (including phenoxy) is 1.